The Balaban J connectivity index is 1.36. The molecule has 0 saturated carbocycles. The van der Waals surface area contributed by atoms with Crippen LogP contribution in [0.15, 0.2) is 168 Å². The lowest BCUT2D eigenvalue weighted by atomic mass is 10.0. The molecule has 0 amide bonds. The predicted octanol–water partition coefficient (Wildman–Crippen LogP) is 8.95. The highest BCUT2D eigenvalue weighted by Crippen LogP contribution is 2.34. The summed E-state index contributed by atoms with van der Waals surface area (Å²) in [5.41, 5.74) is 8.79. The summed E-state index contributed by atoms with van der Waals surface area (Å²) in [4.78, 5) is 10.2. The van der Waals surface area contributed by atoms with Crippen LogP contribution in [0.4, 0.5) is 0 Å². The Morgan fingerprint density at radius 3 is 1.67 bits per heavy atom. The van der Waals surface area contributed by atoms with E-state index in [1.165, 1.54) is 21.8 Å². The molecule has 7 aromatic rings. The van der Waals surface area contributed by atoms with Crippen molar-refractivity contribution in [2.75, 3.05) is 0 Å². The monoisotopic (exact) mass is 552 g/mol. The molecule has 1 aliphatic rings. The van der Waals surface area contributed by atoms with Gasteiger partial charge in [-0.25, -0.2) is 9.98 Å². The number of fused-ring (bicyclic) bond motifs is 3. The third-order valence-corrected chi connectivity index (χ3v) is 8.03. The fourth-order valence-corrected chi connectivity index (χ4v) is 5.99. The van der Waals surface area contributed by atoms with Crippen LogP contribution < -0.4 is 5.32 Å². The van der Waals surface area contributed by atoms with Crippen LogP contribution in [0.1, 0.15) is 22.9 Å². The molecule has 1 unspecified atom stereocenters. The minimum Gasteiger partial charge on any atom is -0.344 e. The van der Waals surface area contributed by atoms with E-state index in [1.807, 2.05) is 24.3 Å². The lowest BCUT2D eigenvalue weighted by Gasteiger charge is -2.24. The first-order valence-electron chi connectivity index (χ1n) is 14.5. The number of nitrogens with one attached hydrogen (secondary N) is 1. The molecular weight excluding hydrogens is 524 g/mol. The van der Waals surface area contributed by atoms with Gasteiger partial charge >= 0.3 is 0 Å². The Labute approximate surface area is 250 Å². The van der Waals surface area contributed by atoms with Gasteiger partial charge in [-0.05, 0) is 47.0 Å². The zero-order valence-electron chi connectivity index (χ0n) is 23.4. The summed E-state index contributed by atoms with van der Waals surface area (Å²) in [6, 6.07) is 55.1. The topological polar surface area (TPSA) is 41.7 Å². The summed E-state index contributed by atoms with van der Waals surface area (Å²) in [6.45, 7) is 0. The van der Waals surface area contributed by atoms with Crippen LogP contribution in [0.3, 0.4) is 0 Å². The van der Waals surface area contributed by atoms with Crippen LogP contribution in [0.5, 0.6) is 0 Å². The first kappa shape index (κ1) is 25.0. The van der Waals surface area contributed by atoms with E-state index in [-0.39, 0.29) is 6.17 Å². The molecule has 0 spiro atoms. The second-order valence-corrected chi connectivity index (χ2v) is 10.7. The van der Waals surface area contributed by atoms with Crippen LogP contribution in [0, 0.1) is 0 Å². The van der Waals surface area contributed by atoms with Gasteiger partial charge in [0.05, 0.1) is 11.0 Å². The Morgan fingerprint density at radius 2 is 1.02 bits per heavy atom. The summed E-state index contributed by atoms with van der Waals surface area (Å²) in [7, 11) is 0. The fourth-order valence-electron chi connectivity index (χ4n) is 5.99. The Hall–Kier alpha value is -5.74. The van der Waals surface area contributed by atoms with Gasteiger partial charge in [0.15, 0.2) is 5.84 Å². The number of rotatable bonds is 5. The first-order valence-corrected chi connectivity index (χ1v) is 14.5. The molecule has 1 aliphatic heterocycles. The smallest absolute Gasteiger partial charge is 0.159 e. The van der Waals surface area contributed by atoms with Gasteiger partial charge in [0.1, 0.15) is 12.0 Å². The summed E-state index contributed by atoms with van der Waals surface area (Å²) >= 11 is 0. The van der Waals surface area contributed by atoms with Crippen molar-refractivity contribution >= 4 is 33.5 Å². The number of para-hydroxylation sites is 2. The van der Waals surface area contributed by atoms with Crippen LogP contribution in [0.2, 0.25) is 0 Å². The number of nitrogens with zero attached hydrogens (tertiary/aromatic N) is 3. The van der Waals surface area contributed by atoms with E-state index in [0.29, 0.717) is 5.84 Å². The third kappa shape index (κ3) is 4.59. The maximum Gasteiger partial charge on any atom is 0.159 e. The summed E-state index contributed by atoms with van der Waals surface area (Å²) in [5, 5.41) is 6.14. The average Bonchev–Trinajstić information content (AvgIpc) is 3.43. The highest BCUT2D eigenvalue weighted by Gasteiger charge is 2.22. The number of hydrogen-bond donors (Lipinski definition) is 1. The average molecular weight is 553 g/mol. The van der Waals surface area contributed by atoms with Gasteiger partial charge in [0.25, 0.3) is 0 Å². The summed E-state index contributed by atoms with van der Waals surface area (Å²) in [6.07, 6.45) is -0.263. The van der Waals surface area contributed by atoms with Gasteiger partial charge in [-0.1, -0.05) is 127 Å². The molecule has 4 heteroatoms. The van der Waals surface area contributed by atoms with E-state index in [4.69, 9.17) is 9.98 Å². The number of benzene rings is 6. The van der Waals surface area contributed by atoms with Crippen molar-refractivity contribution in [2.45, 2.75) is 6.17 Å². The summed E-state index contributed by atoms with van der Waals surface area (Å²) in [5.74, 6) is 1.51. The molecule has 43 heavy (non-hydrogen) atoms. The van der Waals surface area contributed by atoms with Crippen LogP contribution >= 0.6 is 0 Å². The largest absolute Gasteiger partial charge is 0.344 e. The van der Waals surface area contributed by atoms with Crippen molar-refractivity contribution in [1.82, 2.24) is 9.88 Å². The number of aliphatic imine (C=N–C) groups is 2. The standard InChI is InChI=1S/C39H28N4/c1-4-14-27(15-5-1)30-24-31(26-32(25-30)43-35-22-12-10-20-33(35)34-21-11-13-23-36(34)43)39-41-37(28-16-6-2-7-17-28)40-38(42-39)29-18-8-3-9-19-29/h1-26,37H,(H,40,41,42). The molecule has 1 aromatic heterocycles. The van der Waals surface area contributed by atoms with Crippen LogP contribution in [0.25, 0.3) is 38.6 Å². The highest BCUT2D eigenvalue weighted by molar-refractivity contribution is 6.14. The molecule has 204 valence electrons. The molecule has 0 aliphatic carbocycles. The van der Waals surface area contributed by atoms with Gasteiger partial charge in [0.2, 0.25) is 0 Å². The van der Waals surface area contributed by atoms with Gasteiger partial charge in [-0.15, -0.1) is 0 Å². The molecule has 8 rings (SSSR count). The molecule has 1 N–H and O–H groups in total. The SMILES string of the molecule is c1ccc(C2=NC(c3ccccc3)NC(c3cc(-c4ccccc4)cc(-n4c5ccccc5c5ccccc54)c3)=N2)cc1. The fraction of sp³-hybridized carbons (Fsp3) is 0.0256. The van der Waals surface area contributed by atoms with Gasteiger partial charge < -0.3 is 9.88 Å². The predicted molar refractivity (Wildman–Crippen MR) is 178 cm³/mol. The van der Waals surface area contributed by atoms with E-state index in [2.05, 4.69) is 143 Å². The van der Waals surface area contributed by atoms with Crippen molar-refractivity contribution in [2.24, 2.45) is 9.98 Å². The molecule has 0 bridgehead atoms. The molecule has 2 heterocycles. The van der Waals surface area contributed by atoms with Crippen molar-refractivity contribution < 1.29 is 0 Å². The van der Waals surface area contributed by atoms with Crippen molar-refractivity contribution in [3.63, 3.8) is 0 Å². The molecule has 6 aromatic carbocycles. The number of aromatic nitrogens is 1. The van der Waals surface area contributed by atoms with E-state index < -0.39 is 0 Å². The third-order valence-electron chi connectivity index (χ3n) is 8.03. The Bertz CT molecular complexity index is 2090. The summed E-state index contributed by atoms with van der Waals surface area (Å²) < 4.78 is 2.37. The lowest BCUT2D eigenvalue weighted by Crippen LogP contribution is -2.33. The molecule has 4 nitrogen and oxygen atoms in total. The molecular formula is C39H28N4. The molecule has 0 fully saturated rings. The van der Waals surface area contributed by atoms with Crippen LogP contribution in [-0.4, -0.2) is 16.2 Å². The molecule has 1 atom stereocenters. The zero-order valence-corrected chi connectivity index (χ0v) is 23.4. The molecule has 0 saturated heterocycles. The van der Waals surface area contributed by atoms with Gasteiger partial charge in [0, 0.05) is 27.6 Å². The van der Waals surface area contributed by atoms with Crippen molar-refractivity contribution in [3.8, 4) is 16.8 Å². The van der Waals surface area contributed by atoms with Gasteiger partial charge in [-0.2, -0.15) is 0 Å². The Morgan fingerprint density at radius 1 is 0.488 bits per heavy atom. The second-order valence-electron chi connectivity index (χ2n) is 10.7. The number of hydrogen-bond acceptors (Lipinski definition) is 3. The molecule has 0 radical (unpaired) electrons. The highest BCUT2D eigenvalue weighted by atomic mass is 15.2. The Kier molecular flexibility index (Phi) is 6.16. The van der Waals surface area contributed by atoms with E-state index in [1.54, 1.807) is 0 Å². The normalized spacial score (nSPS) is 14.7. The zero-order chi connectivity index (χ0) is 28.6. The van der Waals surface area contributed by atoms with E-state index in [0.717, 1.165) is 39.3 Å². The first-order chi connectivity index (χ1) is 21.3. The minimum atomic E-state index is -0.263. The van der Waals surface area contributed by atoms with E-state index in [9.17, 15) is 0 Å². The second kappa shape index (κ2) is 10.6. The van der Waals surface area contributed by atoms with E-state index >= 15 is 0 Å². The van der Waals surface area contributed by atoms with Crippen LogP contribution in [-0.2, 0) is 0 Å². The number of amidine groups is 2. The maximum absolute atomic E-state index is 5.13. The quantitative estimate of drug-likeness (QED) is 0.228. The minimum absolute atomic E-state index is 0.263. The van der Waals surface area contributed by atoms with Crippen molar-refractivity contribution in [3.05, 3.63) is 174 Å². The van der Waals surface area contributed by atoms with Crippen molar-refractivity contribution in [1.29, 1.82) is 0 Å². The maximum atomic E-state index is 5.13. The lowest BCUT2D eigenvalue weighted by molar-refractivity contribution is 0.674. The van der Waals surface area contributed by atoms with Gasteiger partial charge in [-0.3, -0.25) is 0 Å².